The van der Waals surface area contributed by atoms with Crippen LogP contribution in [-0.2, 0) is 9.16 Å². The highest BCUT2D eigenvalue weighted by molar-refractivity contribution is 6.74. The first-order chi connectivity index (χ1) is 13.6. The van der Waals surface area contributed by atoms with Gasteiger partial charge in [0.2, 0.25) is 0 Å². The zero-order chi connectivity index (χ0) is 23.3. The van der Waals surface area contributed by atoms with Crippen molar-refractivity contribution in [2.45, 2.75) is 91.3 Å². The Hall–Kier alpha value is -1.81. The zero-order valence-corrected chi connectivity index (χ0v) is 21.3. The van der Waals surface area contributed by atoms with E-state index in [9.17, 15) is 9.90 Å². The van der Waals surface area contributed by atoms with Crippen molar-refractivity contribution in [3.63, 3.8) is 0 Å². The molecule has 0 heterocycles. The number of ether oxygens (including phenoxy) is 1. The summed E-state index contributed by atoms with van der Waals surface area (Å²) in [5, 5.41) is 12.7. The second-order valence-corrected chi connectivity index (χ2v) is 15.1. The molecule has 1 aromatic rings. The lowest BCUT2D eigenvalue weighted by atomic mass is 10.1. The summed E-state index contributed by atoms with van der Waals surface area (Å²) in [6.07, 6.45) is -1.26. The number of carbonyl (C=O) groups is 1. The summed E-state index contributed by atoms with van der Waals surface area (Å²) in [6.45, 7) is 19.9. The van der Waals surface area contributed by atoms with Crippen LogP contribution in [0.1, 0.15) is 58.2 Å². The molecule has 0 aromatic heterocycles. The number of aryl methyl sites for hydroxylation is 2. The Labute approximate surface area is 183 Å². The molecule has 1 rings (SSSR count). The van der Waals surface area contributed by atoms with Crippen LogP contribution in [0, 0.1) is 25.7 Å². The zero-order valence-electron chi connectivity index (χ0n) is 20.3. The van der Waals surface area contributed by atoms with Crippen LogP contribution in [0.15, 0.2) is 18.2 Å². The van der Waals surface area contributed by atoms with Gasteiger partial charge in [0, 0.05) is 5.56 Å². The molecule has 0 bridgehead atoms. The highest BCUT2D eigenvalue weighted by Gasteiger charge is 2.41. The monoisotopic (exact) mass is 433 g/mol. The van der Waals surface area contributed by atoms with Crippen LogP contribution in [0.5, 0.6) is 0 Å². The average molecular weight is 434 g/mol. The van der Waals surface area contributed by atoms with Crippen LogP contribution in [0.3, 0.4) is 0 Å². The van der Waals surface area contributed by atoms with E-state index in [1.54, 1.807) is 20.8 Å². The molecule has 1 aromatic carbocycles. The first kappa shape index (κ1) is 26.2. The number of nitrogens with one attached hydrogen (secondary N) is 1. The fraction of sp³-hybridized carbons (Fsp3) is 0.625. The van der Waals surface area contributed by atoms with Gasteiger partial charge in [-0.25, -0.2) is 4.79 Å². The van der Waals surface area contributed by atoms with Gasteiger partial charge in [0.1, 0.15) is 11.7 Å². The first-order valence-electron chi connectivity index (χ1n) is 10.4. The molecule has 30 heavy (non-hydrogen) atoms. The number of hydrogen-bond donors (Lipinski definition) is 2. The van der Waals surface area contributed by atoms with Gasteiger partial charge in [-0.1, -0.05) is 38.7 Å². The molecule has 0 saturated heterocycles. The number of amides is 1. The highest BCUT2D eigenvalue weighted by Crippen LogP contribution is 2.37. The number of aliphatic hydroxyl groups excluding tert-OH is 1. The van der Waals surface area contributed by atoms with Crippen molar-refractivity contribution in [1.29, 1.82) is 0 Å². The molecule has 168 valence electrons. The lowest BCUT2D eigenvalue weighted by Gasteiger charge is -2.39. The molecule has 2 atom stereocenters. The fourth-order valence-corrected chi connectivity index (χ4v) is 3.57. The molecule has 2 unspecified atom stereocenters. The third-order valence-corrected chi connectivity index (χ3v) is 9.81. The van der Waals surface area contributed by atoms with Crippen molar-refractivity contribution in [2.75, 3.05) is 6.61 Å². The van der Waals surface area contributed by atoms with E-state index in [2.05, 4.69) is 57.9 Å². The molecular weight excluding hydrogens is 394 g/mol. The Balaban J connectivity index is 3.23. The Morgan fingerprint density at radius 2 is 1.73 bits per heavy atom. The third kappa shape index (κ3) is 8.14. The number of aliphatic hydroxyl groups is 1. The number of alkyl carbamates (subject to hydrolysis) is 1. The summed E-state index contributed by atoms with van der Waals surface area (Å²) >= 11 is 0. The van der Waals surface area contributed by atoms with Gasteiger partial charge in [-0.3, -0.25) is 0 Å². The number of benzene rings is 1. The largest absolute Gasteiger partial charge is 0.444 e. The van der Waals surface area contributed by atoms with E-state index >= 15 is 0 Å². The first-order valence-corrected chi connectivity index (χ1v) is 13.3. The Bertz CT molecular complexity index is 794. The maximum atomic E-state index is 12.3. The second-order valence-electron chi connectivity index (χ2n) is 10.3. The predicted molar refractivity (Wildman–Crippen MR) is 125 cm³/mol. The van der Waals surface area contributed by atoms with Crippen LogP contribution < -0.4 is 5.32 Å². The van der Waals surface area contributed by atoms with Gasteiger partial charge < -0.3 is 19.6 Å². The molecule has 0 aliphatic carbocycles. The molecule has 0 saturated carbocycles. The smallest absolute Gasteiger partial charge is 0.408 e. The van der Waals surface area contributed by atoms with Gasteiger partial charge in [0.05, 0.1) is 12.6 Å². The molecule has 1 amide bonds. The summed E-state index contributed by atoms with van der Waals surface area (Å²) in [5.74, 6) is 6.33. The lowest BCUT2D eigenvalue weighted by molar-refractivity contribution is 0.0421. The van der Waals surface area contributed by atoms with E-state index < -0.39 is 32.2 Å². The second kappa shape index (κ2) is 10.00. The topological polar surface area (TPSA) is 67.8 Å². The Morgan fingerprint density at radius 1 is 1.13 bits per heavy atom. The number of hydrogen-bond acceptors (Lipinski definition) is 4. The summed E-state index contributed by atoms with van der Waals surface area (Å²) in [7, 11) is -2.21. The lowest BCUT2D eigenvalue weighted by Crippen LogP contribution is -2.53. The highest BCUT2D eigenvalue weighted by atomic mass is 28.4. The van der Waals surface area contributed by atoms with Crippen molar-refractivity contribution in [1.82, 2.24) is 5.32 Å². The standard InChI is InChI=1S/C24H39NO4Si/c1-17-11-12-19(15-18(17)2)13-14-21(29-30(9,10)24(6,7)8)20(16-26)25-22(27)28-23(3,4)5/h11-12,15,20-21,26H,16H2,1-10H3,(H,25,27). The van der Waals surface area contributed by atoms with Crippen LogP contribution in [0.4, 0.5) is 4.79 Å². The minimum absolute atomic E-state index is 0.0424. The van der Waals surface area contributed by atoms with Gasteiger partial charge in [-0.05, 0) is 76.0 Å². The van der Waals surface area contributed by atoms with E-state index in [0.29, 0.717) is 0 Å². The van der Waals surface area contributed by atoms with Crippen LogP contribution in [-0.4, -0.2) is 43.9 Å². The third-order valence-electron chi connectivity index (χ3n) is 5.36. The summed E-state index contributed by atoms with van der Waals surface area (Å²) in [4.78, 5) is 12.3. The van der Waals surface area contributed by atoms with Gasteiger partial charge in [-0.15, -0.1) is 0 Å². The summed E-state index contributed by atoms with van der Waals surface area (Å²) in [5.41, 5.74) is 2.60. The van der Waals surface area contributed by atoms with Gasteiger partial charge in [-0.2, -0.15) is 0 Å². The SMILES string of the molecule is Cc1ccc(C#CC(O[Si](C)(C)C(C)(C)C)C(CO)NC(=O)OC(C)(C)C)cc1C. The van der Waals surface area contributed by atoms with Crippen molar-refractivity contribution < 1.29 is 19.1 Å². The number of rotatable bonds is 5. The van der Waals surface area contributed by atoms with Crippen molar-refractivity contribution in [3.8, 4) is 11.8 Å². The van der Waals surface area contributed by atoms with Crippen molar-refractivity contribution in [2.24, 2.45) is 0 Å². The quantitative estimate of drug-likeness (QED) is 0.510. The van der Waals surface area contributed by atoms with Crippen molar-refractivity contribution >= 4 is 14.4 Å². The molecular formula is C24H39NO4Si. The molecule has 0 spiro atoms. The Morgan fingerprint density at radius 3 is 2.20 bits per heavy atom. The van der Waals surface area contributed by atoms with Gasteiger partial charge in [0.25, 0.3) is 0 Å². The predicted octanol–water partition coefficient (Wildman–Crippen LogP) is 4.93. The summed E-state index contributed by atoms with van der Waals surface area (Å²) in [6, 6.07) is 5.33. The molecule has 0 aliphatic heterocycles. The fourth-order valence-electron chi connectivity index (χ4n) is 2.36. The molecule has 5 nitrogen and oxygen atoms in total. The Kier molecular flexibility index (Phi) is 8.74. The maximum Gasteiger partial charge on any atom is 0.408 e. The molecule has 0 radical (unpaired) electrons. The minimum atomic E-state index is -2.21. The maximum absolute atomic E-state index is 12.3. The van der Waals surface area contributed by atoms with E-state index in [1.165, 1.54) is 5.56 Å². The minimum Gasteiger partial charge on any atom is -0.444 e. The van der Waals surface area contributed by atoms with Crippen LogP contribution in [0.25, 0.3) is 0 Å². The molecule has 0 aliphatic rings. The number of carbonyl (C=O) groups excluding carboxylic acids is 1. The van der Waals surface area contributed by atoms with E-state index in [1.807, 2.05) is 25.1 Å². The van der Waals surface area contributed by atoms with Crippen LogP contribution in [0.2, 0.25) is 18.1 Å². The average Bonchev–Trinajstić information content (AvgIpc) is 2.56. The van der Waals surface area contributed by atoms with Crippen molar-refractivity contribution in [3.05, 3.63) is 34.9 Å². The van der Waals surface area contributed by atoms with Crippen LogP contribution >= 0.6 is 0 Å². The van der Waals surface area contributed by atoms with Gasteiger partial charge >= 0.3 is 6.09 Å². The molecule has 2 N–H and O–H groups in total. The van der Waals surface area contributed by atoms with Gasteiger partial charge in [0.15, 0.2) is 8.32 Å². The normalized spacial score (nSPS) is 14.4. The molecule has 0 fully saturated rings. The van der Waals surface area contributed by atoms with E-state index in [4.69, 9.17) is 9.16 Å². The van der Waals surface area contributed by atoms with E-state index in [0.717, 1.165) is 11.1 Å². The summed E-state index contributed by atoms with van der Waals surface area (Å²) < 4.78 is 11.9. The molecule has 6 heteroatoms. The van der Waals surface area contributed by atoms with E-state index in [-0.39, 0.29) is 11.6 Å².